The monoisotopic (exact) mass is 477 g/mol. The van der Waals surface area contributed by atoms with Crippen LogP contribution in [-0.4, -0.2) is 38.2 Å². The highest BCUT2D eigenvalue weighted by atomic mass is 79.9. The summed E-state index contributed by atoms with van der Waals surface area (Å²) in [5, 5.41) is 0. The van der Waals surface area contributed by atoms with E-state index in [1.54, 1.807) is 25.1 Å². The average molecular weight is 478 g/mol. The van der Waals surface area contributed by atoms with Gasteiger partial charge in [-0.05, 0) is 58.8 Å². The summed E-state index contributed by atoms with van der Waals surface area (Å²) in [7, 11) is 1.44. The van der Waals surface area contributed by atoms with E-state index in [0.717, 1.165) is 0 Å². The van der Waals surface area contributed by atoms with Crippen LogP contribution in [0.4, 0.5) is 4.39 Å². The first-order valence-electron chi connectivity index (χ1n) is 8.86. The molecule has 0 atom stereocenters. The van der Waals surface area contributed by atoms with Crippen LogP contribution in [0.1, 0.15) is 18.1 Å². The summed E-state index contributed by atoms with van der Waals surface area (Å²) >= 11 is 3.36. The van der Waals surface area contributed by atoms with Crippen LogP contribution in [-0.2, 0) is 19.1 Å². The highest BCUT2D eigenvalue weighted by Gasteiger charge is 2.26. The normalized spacial score (nSPS) is 14.3. The summed E-state index contributed by atoms with van der Waals surface area (Å²) in [6.07, 6.45) is 1.47. The second kappa shape index (κ2) is 9.53. The van der Waals surface area contributed by atoms with Crippen LogP contribution in [0.5, 0.6) is 11.5 Å². The van der Waals surface area contributed by atoms with Crippen LogP contribution in [0.15, 0.2) is 51.6 Å². The molecular weight excluding hydrogens is 461 g/mol. The number of rotatable bonds is 7. The second-order valence-electron chi connectivity index (χ2n) is 5.94. The third-order valence-electron chi connectivity index (χ3n) is 3.92. The fourth-order valence-electron chi connectivity index (χ4n) is 2.61. The summed E-state index contributed by atoms with van der Waals surface area (Å²) in [6.45, 7) is 1.66. The van der Waals surface area contributed by atoms with Crippen LogP contribution in [0.3, 0.4) is 0 Å². The Balaban J connectivity index is 1.88. The van der Waals surface area contributed by atoms with Crippen molar-refractivity contribution in [2.75, 3.05) is 20.3 Å². The van der Waals surface area contributed by atoms with Gasteiger partial charge in [-0.2, -0.15) is 0 Å². The standard InChI is InChI=1S/C21H17BrFNO6/c1-3-28-18(25)11-29-19-14(22)8-12(10-17(19)27-2)9-16-21(26)30-20(24-16)13-6-4-5-7-15(13)23/h4-10H,3,11H2,1-2H3/b16-9-. The lowest BCUT2D eigenvalue weighted by Gasteiger charge is -2.13. The summed E-state index contributed by atoms with van der Waals surface area (Å²) < 4.78 is 35.2. The van der Waals surface area contributed by atoms with E-state index in [1.807, 2.05) is 0 Å². The SMILES string of the molecule is CCOC(=O)COc1c(Br)cc(/C=C2\N=C(c3ccccc3F)OC2=O)cc1OC. The van der Waals surface area contributed by atoms with E-state index >= 15 is 0 Å². The molecule has 9 heteroatoms. The quantitative estimate of drug-likeness (QED) is 0.444. The lowest BCUT2D eigenvalue weighted by Crippen LogP contribution is -2.15. The number of hydrogen-bond acceptors (Lipinski definition) is 7. The van der Waals surface area contributed by atoms with Crippen molar-refractivity contribution < 1.29 is 32.9 Å². The first-order valence-corrected chi connectivity index (χ1v) is 9.65. The van der Waals surface area contributed by atoms with Crippen LogP contribution < -0.4 is 9.47 Å². The lowest BCUT2D eigenvalue weighted by atomic mass is 10.1. The second-order valence-corrected chi connectivity index (χ2v) is 6.80. The van der Waals surface area contributed by atoms with Gasteiger partial charge in [0.1, 0.15) is 5.82 Å². The van der Waals surface area contributed by atoms with Crippen molar-refractivity contribution in [3.63, 3.8) is 0 Å². The largest absolute Gasteiger partial charge is 0.493 e. The topological polar surface area (TPSA) is 83.4 Å². The Labute approximate surface area is 180 Å². The fourth-order valence-corrected chi connectivity index (χ4v) is 3.19. The number of esters is 2. The Morgan fingerprint density at radius 1 is 1.30 bits per heavy atom. The van der Waals surface area contributed by atoms with Gasteiger partial charge in [-0.1, -0.05) is 12.1 Å². The maximum absolute atomic E-state index is 13.9. The van der Waals surface area contributed by atoms with E-state index < -0.39 is 17.8 Å². The minimum Gasteiger partial charge on any atom is -0.493 e. The first kappa shape index (κ1) is 21.5. The predicted molar refractivity (Wildman–Crippen MR) is 110 cm³/mol. The molecule has 0 unspecified atom stereocenters. The number of nitrogens with zero attached hydrogens (tertiary/aromatic N) is 1. The zero-order chi connectivity index (χ0) is 21.7. The van der Waals surface area contributed by atoms with Gasteiger partial charge in [-0.15, -0.1) is 0 Å². The molecular formula is C21H17BrFNO6. The van der Waals surface area contributed by atoms with Gasteiger partial charge in [0.25, 0.3) is 0 Å². The Morgan fingerprint density at radius 3 is 2.77 bits per heavy atom. The van der Waals surface area contributed by atoms with E-state index in [2.05, 4.69) is 20.9 Å². The number of carbonyl (C=O) groups excluding carboxylic acids is 2. The molecule has 2 aromatic rings. The van der Waals surface area contributed by atoms with Gasteiger partial charge >= 0.3 is 11.9 Å². The number of hydrogen-bond donors (Lipinski definition) is 0. The Kier molecular flexibility index (Phi) is 6.83. The molecule has 1 aliphatic rings. The minimum absolute atomic E-state index is 0.00222. The Hall–Kier alpha value is -3.20. The van der Waals surface area contributed by atoms with Crippen molar-refractivity contribution in [3.05, 3.63) is 63.5 Å². The molecule has 3 rings (SSSR count). The van der Waals surface area contributed by atoms with Gasteiger partial charge < -0.3 is 18.9 Å². The number of halogens is 2. The van der Waals surface area contributed by atoms with Crippen molar-refractivity contribution in [1.29, 1.82) is 0 Å². The lowest BCUT2D eigenvalue weighted by molar-refractivity contribution is -0.145. The molecule has 1 aliphatic heterocycles. The van der Waals surface area contributed by atoms with Gasteiger partial charge in [0.05, 0.1) is 23.8 Å². The number of methoxy groups -OCH3 is 1. The maximum Gasteiger partial charge on any atom is 0.363 e. The molecule has 0 saturated heterocycles. The van der Waals surface area contributed by atoms with E-state index in [4.69, 9.17) is 18.9 Å². The van der Waals surface area contributed by atoms with Gasteiger partial charge in [0.2, 0.25) is 5.90 Å². The Bertz CT molecular complexity index is 1050. The maximum atomic E-state index is 13.9. The molecule has 1 heterocycles. The number of cyclic esters (lactones) is 1. The molecule has 0 bridgehead atoms. The molecule has 30 heavy (non-hydrogen) atoms. The van der Waals surface area contributed by atoms with E-state index in [9.17, 15) is 14.0 Å². The van der Waals surface area contributed by atoms with Gasteiger partial charge in [0, 0.05) is 0 Å². The number of carbonyl (C=O) groups is 2. The predicted octanol–water partition coefficient (Wildman–Crippen LogP) is 3.88. The van der Waals surface area contributed by atoms with Crippen LogP contribution in [0.25, 0.3) is 6.08 Å². The van der Waals surface area contributed by atoms with Crippen molar-refractivity contribution >= 4 is 39.8 Å². The number of ether oxygens (including phenoxy) is 4. The first-order chi connectivity index (χ1) is 14.4. The number of aliphatic imine (C=N–C) groups is 1. The summed E-state index contributed by atoms with van der Waals surface area (Å²) in [4.78, 5) is 27.8. The molecule has 0 aliphatic carbocycles. The van der Waals surface area contributed by atoms with E-state index in [0.29, 0.717) is 21.5 Å². The molecule has 2 aromatic carbocycles. The van der Waals surface area contributed by atoms with Gasteiger partial charge in [0.15, 0.2) is 23.8 Å². The van der Waals surface area contributed by atoms with Crippen molar-refractivity contribution in [3.8, 4) is 11.5 Å². The summed E-state index contributed by atoms with van der Waals surface area (Å²) in [6, 6.07) is 9.13. The molecule has 0 saturated carbocycles. The van der Waals surface area contributed by atoms with Gasteiger partial charge in [-0.25, -0.2) is 19.0 Å². The molecule has 0 aromatic heterocycles. The molecule has 0 N–H and O–H groups in total. The van der Waals surface area contributed by atoms with E-state index in [1.165, 1.54) is 31.4 Å². The molecule has 0 spiro atoms. The smallest absolute Gasteiger partial charge is 0.363 e. The van der Waals surface area contributed by atoms with Crippen LogP contribution in [0, 0.1) is 5.82 Å². The molecule has 156 valence electrons. The zero-order valence-corrected chi connectivity index (χ0v) is 17.7. The molecule has 7 nitrogen and oxygen atoms in total. The minimum atomic E-state index is -0.703. The highest BCUT2D eigenvalue weighted by molar-refractivity contribution is 9.10. The molecule has 0 amide bonds. The highest BCUT2D eigenvalue weighted by Crippen LogP contribution is 2.37. The van der Waals surface area contributed by atoms with Crippen molar-refractivity contribution in [2.45, 2.75) is 6.92 Å². The molecule has 0 radical (unpaired) electrons. The summed E-state index contributed by atoms with van der Waals surface area (Å²) in [5.74, 6) is -1.24. The van der Waals surface area contributed by atoms with Crippen LogP contribution in [0.2, 0.25) is 0 Å². The van der Waals surface area contributed by atoms with Gasteiger partial charge in [-0.3, -0.25) is 0 Å². The zero-order valence-electron chi connectivity index (χ0n) is 16.1. The Morgan fingerprint density at radius 2 is 2.07 bits per heavy atom. The van der Waals surface area contributed by atoms with Crippen LogP contribution >= 0.6 is 15.9 Å². The third kappa shape index (κ3) is 4.85. The van der Waals surface area contributed by atoms with E-state index in [-0.39, 0.29) is 30.4 Å². The average Bonchev–Trinajstić information content (AvgIpc) is 3.07. The third-order valence-corrected chi connectivity index (χ3v) is 4.51. The summed E-state index contributed by atoms with van der Waals surface area (Å²) in [5.41, 5.74) is 0.644. The van der Waals surface area contributed by atoms with Crippen molar-refractivity contribution in [1.82, 2.24) is 0 Å². The van der Waals surface area contributed by atoms with Crippen molar-refractivity contribution in [2.24, 2.45) is 4.99 Å². The molecule has 0 fully saturated rings. The number of benzene rings is 2. The fraction of sp³-hybridized carbons (Fsp3) is 0.190.